The number of benzene rings is 3. The second-order valence-corrected chi connectivity index (χ2v) is 6.99. The molecule has 0 saturated heterocycles. The zero-order chi connectivity index (χ0) is 21.5. The van der Waals surface area contributed by atoms with Crippen LogP contribution in [0.2, 0.25) is 0 Å². The van der Waals surface area contributed by atoms with E-state index < -0.39 is 11.9 Å². The molecule has 8 heteroatoms. The lowest BCUT2D eigenvalue weighted by Crippen LogP contribution is -2.13. The lowest BCUT2D eigenvalue weighted by atomic mass is 9.87. The third-order valence-corrected chi connectivity index (χ3v) is 5.36. The van der Waals surface area contributed by atoms with Crippen molar-refractivity contribution in [3.8, 4) is 34.1 Å². The third kappa shape index (κ3) is 3.07. The Morgan fingerprint density at radius 1 is 0.871 bits per heavy atom. The quantitative estimate of drug-likeness (QED) is 0.591. The predicted molar refractivity (Wildman–Crippen MR) is 109 cm³/mol. The summed E-state index contributed by atoms with van der Waals surface area (Å²) in [5, 5.41) is 1.46. The summed E-state index contributed by atoms with van der Waals surface area (Å²) in [5.41, 5.74) is 2.10. The van der Waals surface area contributed by atoms with Crippen molar-refractivity contribution in [3.05, 3.63) is 47.5 Å². The summed E-state index contributed by atoms with van der Waals surface area (Å²) < 4.78 is 32.2. The van der Waals surface area contributed by atoms with E-state index in [0.29, 0.717) is 34.1 Å². The number of esters is 2. The van der Waals surface area contributed by atoms with Crippen LogP contribution in [0.1, 0.15) is 15.9 Å². The van der Waals surface area contributed by atoms with Crippen molar-refractivity contribution in [3.63, 3.8) is 0 Å². The third-order valence-electron chi connectivity index (χ3n) is 5.36. The number of hydrogen-bond donors (Lipinski definition) is 0. The summed E-state index contributed by atoms with van der Waals surface area (Å²) in [6.45, 7) is 0.212. The van der Waals surface area contributed by atoms with Crippen LogP contribution in [0.25, 0.3) is 21.9 Å². The number of carbonyl (C=O) groups is 2. The fourth-order valence-corrected chi connectivity index (χ4v) is 3.96. The maximum atomic E-state index is 12.7. The molecule has 0 unspecified atom stereocenters. The van der Waals surface area contributed by atoms with Crippen LogP contribution in [-0.4, -0.2) is 39.7 Å². The molecule has 5 rings (SSSR count). The van der Waals surface area contributed by atoms with E-state index in [1.54, 1.807) is 18.2 Å². The molecule has 2 aliphatic heterocycles. The Hall–Kier alpha value is -3.94. The highest BCUT2D eigenvalue weighted by atomic mass is 16.7. The molecule has 3 aromatic carbocycles. The van der Waals surface area contributed by atoms with Gasteiger partial charge in [0.1, 0.15) is 0 Å². The molecule has 0 bridgehead atoms. The van der Waals surface area contributed by atoms with Gasteiger partial charge in [-0.3, -0.25) is 4.79 Å². The van der Waals surface area contributed by atoms with Crippen LogP contribution in [0.5, 0.6) is 23.0 Å². The van der Waals surface area contributed by atoms with Crippen LogP contribution in [0.3, 0.4) is 0 Å². The van der Waals surface area contributed by atoms with E-state index in [1.807, 2.05) is 18.2 Å². The topological polar surface area (TPSA) is 89.5 Å². The molecule has 3 aromatic rings. The molecule has 2 heterocycles. The summed E-state index contributed by atoms with van der Waals surface area (Å²) >= 11 is 0. The van der Waals surface area contributed by atoms with Crippen molar-refractivity contribution in [2.75, 3.05) is 27.8 Å². The van der Waals surface area contributed by atoms with E-state index in [9.17, 15) is 9.59 Å². The summed E-state index contributed by atoms with van der Waals surface area (Å²) in [4.78, 5) is 25.0. The van der Waals surface area contributed by atoms with Gasteiger partial charge < -0.3 is 28.4 Å². The molecule has 0 N–H and O–H groups in total. The SMILES string of the molecule is COC(=O)Cc1c(C(=O)OC)cc2ccc3c(c2c1-c1ccc2c(c1)OCO2)OCO3. The number of carbonyl (C=O) groups excluding carboxylic acids is 2. The smallest absolute Gasteiger partial charge is 0.338 e. The minimum Gasteiger partial charge on any atom is -0.469 e. The molecule has 0 saturated carbocycles. The number of hydrogen-bond acceptors (Lipinski definition) is 8. The van der Waals surface area contributed by atoms with E-state index in [-0.39, 0.29) is 25.6 Å². The fraction of sp³-hybridized carbons (Fsp3) is 0.217. The van der Waals surface area contributed by atoms with Crippen molar-refractivity contribution in [2.45, 2.75) is 6.42 Å². The lowest BCUT2D eigenvalue weighted by molar-refractivity contribution is -0.139. The van der Waals surface area contributed by atoms with Crippen LogP contribution in [0.4, 0.5) is 0 Å². The van der Waals surface area contributed by atoms with Crippen LogP contribution in [0.15, 0.2) is 36.4 Å². The molecule has 0 amide bonds. The second-order valence-electron chi connectivity index (χ2n) is 6.99. The van der Waals surface area contributed by atoms with Crippen molar-refractivity contribution in [1.29, 1.82) is 0 Å². The molecule has 0 fully saturated rings. The first-order valence-corrected chi connectivity index (χ1v) is 9.54. The molecule has 2 aliphatic rings. The molecule has 0 atom stereocenters. The van der Waals surface area contributed by atoms with Gasteiger partial charge in [0.15, 0.2) is 23.0 Å². The van der Waals surface area contributed by atoms with Gasteiger partial charge in [0.05, 0.1) is 26.2 Å². The molecule has 8 nitrogen and oxygen atoms in total. The van der Waals surface area contributed by atoms with Crippen LogP contribution in [-0.2, 0) is 20.7 Å². The Balaban J connectivity index is 1.88. The lowest BCUT2D eigenvalue weighted by Gasteiger charge is -2.18. The first-order valence-electron chi connectivity index (χ1n) is 9.54. The highest BCUT2D eigenvalue weighted by molar-refractivity contribution is 6.10. The van der Waals surface area contributed by atoms with Gasteiger partial charge in [-0.15, -0.1) is 0 Å². The van der Waals surface area contributed by atoms with Gasteiger partial charge in [-0.05, 0) is 46.3 Å². The number of methoxy groups -OCH3 is 2. The highest BCUT2D eigenvalue weighted by Gasteiger charge is 2.28. The Bertz CT molecular complexity index is 1230. The van der Waals surface area contributed by atoms with Crippen LogP contribution < -0.4 is 18.9 Å². The molecule has 158 valence electrons. The number of ether oxygens (including phenoxy) is 6. The van der Waals surface area contributed by atoms with Crippen molar-refractivity contribution in [1.82, 2.24) is 0 Å². The van der Waals surface area contributed by atoms with Crippen molar-refractivity contribution >= 4 is 22.7 Å². The van der Waals surface area contributed by atoms with Gasteiger partial charge in [0.25, 0.3) is 0 Å². The molecule has 31 heavy (non-hydrogen) atoms. The average molecular weight is 422 g/mol. The van der Waals surface area contributed by atoms with Gasteiger partial charge in [-0.2, -0.15) is 0 Å². The first-order chi connectivity index (χ1) is 15.1. The molecule has 0 radical (unpaired) electrons. The second kappa shape index (κ2) is 7.39. The molecular formula is C23H18O8. The highest BCUT2D eigenvalue weighted by Crippen LogP contribution is 2.48. The van der Waals surface area contributed by atoms with E-state index in [2.05, 4.69) is 0 Å². The monoisotopic (exact) mass is 422 g/mol. The molecule has 0 spiro atoms. The van der Waals surface area contributed by atoms with Crippen LogP contribution >= 0.6 is 0 Å². The fourth-order valence-electron chi connectivity index (χ4n) is 3.96. The predicted octanol–water partition coefficient (Wildman–Crippen LogP) is 3.47. The van der Waals surface area contributed by atoms with E-state index in [1.165, 1.54) is 14.2 Å². The van der Waals surface area contributed by atoms with E-state index in [4.69, 9.17) is 28.4 Å². The first kappa shape index (κ1) is 19.0. The number of rotatable bonds is 4. The standard InChI is InChI=1S/C23H18O8/c1-26-19(24)9-14-15(23(25)27-2)7-12-4-6-17-22(31-11-29-17)21(12)20(14)13-3-5-16-18(8-13)30-10-28-16/h3-8H,9-11H2,1-2H3. The number of fused-ring (bicyclic) bond motifs is 4. The van der Waals surface area contributed by atoms with Gasteiger partial charge in [0, 0.05) is 5.39 Å². The minimum atomic E-state index is -0.555. The largest absolute Gasteiger partial charge is 0.469 e. The zero-order valence-electron chi connectivity index (χ0n) is 16.9. The van der Waals surface area contributed by atoms with E-state index in [0.717, 1.165) is 16.3 Å². The summed E-state index contributed by atoms with van der Waals surface area (Å²) in [7, 11) is 2.60. The van der Waals surface area contributed by atoms with Gasteiger partial charge in [-0.25, -0.2) is 4.79 Å². The van der Waals surface area contributed by atoms with Crippen LogP contribution in [0, 0.1) is 0 Å². The van der Waals surface area contributed by atoms with E-state index >= 15 is 0 Å². The molecule has 0 aliphatic carbocycles. The molecular weight excluding hydrogens is 404 g/mol. The Labute approximate surface area is 177 Å². The van der Waals surface area contributed by atoms with Crippen molar-refractivity contribution in [2.24, 2.45) is 0 Å². The minimum absolute atomic E-state index is 0.0834. The van der Waals surface area contributed by atoms with Gasteiger partial charge in [0.2, 0.25) is 13.6 Å². The summed E-state index contributed by atoms with van der Waals surface area (Å²) in [6.07, 6.45) is -0.134. The maximum Gasteiger partial charge on any atom is 0.338 e. The Kier molecular flexibility index (Phi) is 4.54. The average Bonchev–Trinajstić information content (AvgIpc) is 3.46. The van der Waals surface area contributed by atoms with Crippen molar-refractivity contribution < 1.29 is 38.0 Å². The van der Waals surface area contributed by atoms with Gasteiger partial charge in [-0.1, -0.05) is 12.1 Å². The maximum absolute atomic E-state index is 12.7. The Morgan fingerprint density at radius 3 is 2.42 bits per heavy atom. The normalized spacial score (nSPS) is 13.4. The summed E-state index contributed by atoms with van der Waals surface area (Å²) in [5.74, 6) is 1.29. The van der Waals surface area contributed by atoms with Gasteiger partial charge >= 0.3 is 11.9 Å². The zero-order valence-corrected chi connectivity index (χ0v) is 16.9. The summed E-state index contributed by atoms with van der Waals surface area (Å²) in [6, 6.07) is 10.8. The Morgan fingerprint density at radius 2 is 1.61 bits per heavy atom. The molecule has 0 aromatic heterocycles.